The molecule has 3 rings (SSSR count). The molecule has 0 spiro atoms. The Morgan fingerprint density at radius 2 is 2.05 bits per heavy atom. The van der Waals surface area contributed by atoms with Crippen molar-refractivity contribution in [3.63, 3.8) is 0 Å². The van der Waals surface area contributed by atoms with Crippen LogP contribution < -0.4 is 5.32 Å². The van der Waals surface area contributed by atoms with Crippen molar-refractivity contribution in [2.45, 2.75) is 50.8 Å². The maximum atomic E-state index is 13.1. The highest BCUT2D eigenvalue weighted by molar-refractivity contribution is 5.71. The van der Waals surface area contributed by atoms with Gasteiger partial charge in [-0.05, 0) is 61.4 Å². The summed E-state index contributed by atoms with van der Waals surface area (Å²) in [5.74, 6) is -0.196. The summed E-state index contributed by atoms with van der Waals surface area (Å²) in [7, 11) is 0. The molecule has 2 aliphatic heterocycles. The summed E-state index contributed by atoms with van der Waals surface area (Å²) < 4.78 is 13.1. The van der Waals surface area contributed by atoms with Gasteiger partial charge in [-0.15, -0.1) is 0 Å². The summed E-state index contributed by atoms with van der Waals surface area (Å²) in [5, 5.41) is 13.3. The second kappa shape index (κ2) is 5.06. The molecule has 102 valence electrons. The number of benzene rings is 1. The lowest BCUT2D eigenvalue weighted by molar-refractivity contribution is 0.192. The van der Waals surface area contributed by atoms with Crippen molar-refractivity contribution >= 4 is 5.57 Å². The van der Waals surface area contributed by atoms with Crippen molar-refractivity contribution in [1.29, 1.82) is 0 Å². The number of nitrogens with one attached hydrogen (secondary N) is 1. The molecule has 2 aliphatic rings. The van der Waals surface area contributed by atoms with E-state index in [-0.39, 0.29) is 11.9 Å². The Bertz CT molecular complexity index is 492. The van der Waals surface area contributed by atoms with Crippen LogP contribution in [0.3, 0.4) is 0 Å². The van der Waals surface area contributed by atoms with E-state index in [1.54, 1.807) is 0 Å². The fourth-order valence-electron chi connectivity index (χ4n) is 3.38. The number of fused-ring (bicyclic) bond motifs is 2. The van der Waals surface area contributed by atoms with Crippen LogP contribution in [0.1, 0.15) is 38.2 Å². The van der Waals surface area contributed by atoms with Crippen LogP contribution in [-0.2, 0) is 0 Å². The van der Waals surface area contributed by atoms with E-state index in [4.69, 9.17) is 0 Å². The topological polar surface area (TPSA) is 32.3 Å². The molecule has 1 fully saturated rings. The molecule has 1 saturated heterocycles. The van der Waals surface area contributed by atoms with Crippen LogP contribution >= 0.6 is 0 Å². The van der Waals surface area contributed by atoms with Crippen LogP contribution in [-0.4, -0.2) is 23.3 Å². The zero-order valence-corrected chi connectivity index (χ0v) is 11.2. The first kappa shape index (κ1) is 12.8. The minimum atomic E-state index is -0.329. The normalized spacial score (nSPS) is 27.7. The van der Waals surface area contributed by atoms with E-state index in [2.05, 4.69) is 5.32 Å². The zero-order valence-electron chi connectivity index (χ0n) is 11.2. The first-order chi connectivity index (χ1) is 9.13. The lowest BCUT2D eigenvalue weighted by Gasteiger charge is -2.29. The first-order valence-electron chi connectivity index (χ1n) is 7.05. The standard InChI is InChI=1S/C16H20FNO/c1-10(19)8-15-14(9-13-6-7-16(15)18-13)11-2-4-12(17)5-3-11/h2-5,10,13,16,18-19H,6-9H2,1H3/t10?,13?,16-/m1/s1. The Kier molecular flexibility index (Phi) is 3.42. The highest BCUT2D eigenvalue weighted by Gasteiger charge is 2.34. The van der Waals surface area contributed by atoms with Crippen molar-refractivity contribution in [2.24, 2.45) is 0 Å². The Morgan fingerprint density at radius 3 is 2.74 bits per heavy atom. The Labute approximate surface area is 113 Å². The van der Waals surface area contributed by atoms with Gasteiger partial charge >= 0.3 is 0 Å². The van der Waals surface area contributed by atoms with Gasteiger partial charge in [-0.3, -0.25) is 0 Å². The van der Waals surface area contributed by atoms with E-state index in [0.29, 0.717) is 18.5 Å². The molecular weight excluding hydrogens is 241 g/mol. The molecule has 1 aromatic rings. The van der Waals surface area contributed by atoms with Gasteiger partial charge in [0.05, 0.1) is 6.10 Å². The summed E-state index contributed by atoms with van der Waals surface area (Å²) in [6, 6.07) is 7.70. The molecule has 3 heteroatoms. The summed E-state index contributed by atoms with van der Waals surface area (Å²) in [6.07, 6.45) is 3.71. The zero-order chi connectivity index (χ0) is 13.4. The van der Waals surface area contributed by atoms with Gasteiger partial charge in [-0.2, -0.15) is 0 Å². The van der Waals surface area contributed by atoms with Crippen LogP contribution in [0, 0.1) is 5.82 Å². The van der Waals surface area contributed by atoms with Gasteiger partial charge in [0.15, 0.2) is 0 Å². The molecule has 0 amide bonds. The third-order valence-corrected chi connectivity index (χ3v) is 4.21. The maximum absolute atomic E-state index is 13.1. The number of hydrogen-bond acceptors (Lipinski definition) is 2. The van der Waals surface area contributed by atoms with Crippen LogP contribution in [0.4, 0.5) is 4.39 Å². The molecular formula is C16H20FNO. The first-order valence-corrected chi connectivity index (χ1v) is 7.05. The van der Waals surface area contributed by atoms with Crippen molar-refractivity contribution in [2.75, 3.05) is 0 Å². The van der Waals surface area contributed by atoms with Crippen LogP contribution in [0.25, 0.3) is 5.57 Å². The van der Waals surface area contributed by atoms with Crippen molar-refractivity contribution in [1.82, 2.24) is 5.32 Å². The fourth-order valence-corrected chi connectivity index (χ4v) is 3.38. The molecule has 0 saturated carbocycles. The summed E-state index contributed by atoms with van der Waals surface area (Å²) in [6.45, 7) is 1.83. The van der Waals surface area contributed by atoms with Crippen molar-refractivity contribution in [3.8, 4) is 0 Å². The lowest BCUT2D eigenvalue weighted by Crippen LogP contribution is -2.36. The monoisotopic (exact) mass is 261 g/mol. The second-order valence-electron chi connectivity index (χ2n) is 5.76. The molecule has 3 atom stereocenters. The molecule has 2 N–H and O–H groups in total. The highest BCUT2D eigenvalue weighted by atomic mass is 19.1. The van der Waals surface area contributed by atoms with Crippen molar-refractivity contribution < 1.29 is 9.50 Å². The highest BCUT2D eigenvalue weighted by Crippen LogP contribution is 2.38. The second-order valence-corrected chi connectivity index (χ2v) is 5.76. The van der Waals surface area contributed by atoms with Crippen LogP contribution in [0.15, 0.2) is 29.8 Å². The lowest BCUT2D eigenvalue weighted by atomic mass is 9.87. The molecule has 19 heavy (non-hydrogen) atoms. The van der Waals surface area contributed by atoms with Gasteiger partial charge in [0.1, 0.15) is 5.82 Å². The van der Waals surface area contributed by atoms with Gasteiger partial charge in [0.25, 0.3) is 0 Å². The van der Waals surface area contributed by atoms with E-state index in [0.717, 1.165) is 18.4 Å². The van der Waals surface area contributed by atoms with E-state index >= 15 is 0 Å². The predicted molar refractivity (Wildman–Crippen MR) is 74.2 cm³/mol. The average Bonchev–Trinajstić information content (AvgIpc) is 2.77. The molecule has 2 unspecified atom stereocenters. The predicted octanol–water partition coefficient (Wildman–Crippen LogP) is 2.87. The third-order valence-electron chi connectivity index (χ3n) is 4.21. The van der Waals surface area contributed by atoms with Crippen molar-refractivity contribution in [3.05, 3.63) is 41.2 Å². The number of rotatable bonds is 3. The molecule has 2 nitrogen and oxygen atoms in total. The van der Waals surface area contributed by atoms with Crippen LogP contribution in [0.5, 0.6) is 0 Å². The van der Waals surface area contributed by atoms with Gasteiger partial charge in [-0.1, -0.05) is 12.1 Å². The Morgan fingerprint density at radius 1 is 1.32 bits per heavy atom. The van der Waals surface area contributed by atoms with E-state index < -0.39 is 0 Å². The fraction of sp³-hybridized carbons (Fsp3) is 0.500. The number of aliphatic hydroxyl groups excluding tert-OH is 1. The van der Waals surface area contributed by atoms with E-state index in [9.17, 15) is 9.50 Å². The van der Waals surface area contributed by atoms with Gasteiger partial charge in [-0.25, -0.2) is 4.39 Å². The minimum Gasteiger partial charge on any atom is -0.393 e. The minimum absolute atomic E-state index is 0.196. The number of aliphatic hydroxyl groups is 1. The average molecular weight is 261 g/mol. The maximum Gasteiger partial charge on any atom is 0.123 e. The molecule has 2 bridgehead atoms. The van der Waals surface area contributed by atoms with E-state index in [1.165, 1.54) is 29.7 Å². The molecule has 0 radical (unpaired) electrons. The summed E-state index contributed by atoms with van der Waals surface area (Å²) >= 11 is 0. The van der Waals surface area contributed by atoms with Crippen LogP contribution in [0.2, 0.25) is 0 Å². The van der Waals surface area contributed by atoms with Gasteiger partial charge in [0, 0.05) is 12.1 Å². The molecule has 0 aromatic heterocycles. The number of halogens is 1. The smallest absolute Gasteiger partial charge is 0.123 e. The Hall–Kier alpha value is -1.19. The molecule has 0 aliphatic carbocycles. The van der Waals surface area contributed by atoms with Gasteiger partial charge in [0.2, 0.25) is 0 Å². The van der Waals surface area contributed by atoms with E-state index in [1.807, 2.05) is 19.1 Å². The number of hydrogen-bond donors (Lipinski definition) is 2. The largest absolute Gasteiger partial charge is 0.393 e. The third kappa shape index (κ3) is 2.58. The summed E-state index contributed by atoms with van der Waals surface area (Å²) in [4.78, 5) is 0. The molecule has 2 heterocycles. The quantitative estimate of drug-likeness (QED) is 0.877. The van der Waals surface area contributed by atoms with Gasteiger partial charge < -0.3 is 10.4 Å². The Balaban J connectivity index is 2.00. The molecule has 1 aromatic carbocycles. The summed E-state index contributed by atoms with van der Waals surface area (Å²) in [5.41, 5.74) is 3.73. The SMILES string of the molecule is CC(O)CC1=C(c2ccc(F)cc2)CC2CC[C@H]1N2.